The number of benzene rings is 1. The Balaban J connectivity index is 1.53. The van der Waals surface area contributed by atoms with Crippen molar-refractivity contribution in [1.29, 1.82) is 0 Å². The van der Waals surface area contributed by atoms with E-state index in [1.165, 1.54) is 61.8 Å². The normalized spacial score (nSPS) is 22.4. The molecule has 1 aromatic carbocycles. The number of nitrogens with one attached hydrogen (secondary N) is 1. The highest BCUT2D eigenvalue weighted by Crippen LogP contribution is 2.40. The van der Waals surface area contributed by atoms with Gasteiger partial charge in [-0.15, -0.1) is 0 Å². The van der Waals surface area contributed by atoms with E-state index in [1.807, 2.05) is 12.1 Å². The molecular formula is C26H34ClN3O. The van der Waals surface area contributed by atoms with Gasteiger partial charge in [-0.3, -0.25) is 9.48 Å². The molecule has 2 fully saturated rings. The zero-order chi connectivity index (χ0) is 21.2. The third kappa shape index (κ3) is 4.41. The van der Waals surface area contributed by atoms with Gasteiger partial charge >= 0.3 is 0 Å². The molecule has 1 amide bonds. The number of fused-ring (bicyclic) bond motifs is 1. The maximum atomic E-state index is 13.2. The van der Waals surface area contributed by atoms with E-state index in [1.54, 1.807) is 0 Å². The molecule has 0 radical (unpaired) electrons. The van der Waals surface area contributed by atoms with E-state index < -0.39 is 0 Å². The Labute approximate surface area is 190 Å². The van der Waals surface area contributed by atoms with Gasteiger partial charge in [0.15, 0.2) is 5.69 Å². The Hall–Kier alpha value is -1.81. The van der Waals surface area contributed by atoms with E-state index in [0.717, 1.165) is 43.5 Å². The first-order valence-corrected chi connectivity index (χ1v) is 12.7. The number of carbonyl (C=O) groups is 1. The lowest BCUT2D eigenvalue weighted by Crippen LogP contribution is -2.40. The van der Waals surface area contributed by atoms with Crippen LogP contribution in [0.25, 0.3) is 0 Å². The van der Waals surface area contributed by atoms with Crippen LogP contribution in [0, 0.1) is 0 Å². The largest absolute Gasteiger partial charge is 0.348 e. The summed E-state index contributed by atoms with van der Waals surface area (Å²) in [5, 5.41) is 9.16. The van der Waals surface area contributed by atoms with E-state index in [9.17, 15) is 4.79 Å². The number of hydrogen-bond donors (Lipinski definition) is 1. The Kier molecular flexibility index (Phi) is 6.36. The molecule has 5 heteroatoms. The molecule has 2 aromatic rings. The van der Waals surface area contributed by atoms with Crippen molar-refractivity contribution in [2.75, 3.05) is 0 Å². The molecule has 1 N–H and O–H groups in total. The second kappa shape index (κ2) is 9.36. The van der Waals surface area contributed by atoms with Gasteiger partial charge in [0.05, 0.1) is 6.04 Å². The molecule has 5 rings (SSSR count). The summed E-state index contributed by atoms with van der Waals surface area (Å²) in [5.74, 6) is 0.422. The monoisotopic (exact) mass is 439 g/mol. The first kappa shape index (κ1) is 21.1. The first-order valence-electron chi connectivity index (χ1n) is 12.4. The third-order valence-electron chi connectivity index (χ3n) is 7.67. The highest BCUT2D eigenvalue weighted by Gasteiger charge is 2.33. The van der Waals surface area contributed by atoms with Crippen LogP contribution in [-0.4, -0.2) is 21.7 Å². The Bertz CT molecular complexity index is 927. The van der Waals surface area contributed by atoms with Crippen molar-refractivity contribution in [3.05, 3.63) is 51.8 Å². The van der Waals surface area contributed by atoms with Crippen LogP contribution in [0.4, 0.5) is 0 Å². The van der Waals surface area contributed by atoms with Gasteiger partial charge in [-0.1, -0.05) is 55.5 Å². The van der Waals surface area contributed by atoms with Gasteiger partial charge in [0, 0.05) is 28.2 Å². The highest BCUT2D eigenvalue weighted by molar-refractivity contribution is 6.31. The van der Waals surface area contributed by atoms with Crippen LogP contribution in [0.3, 0.4) is 0 Å². The maximum Gasteiger partial charge on any atom is 0.272 e. The number of carbonyl (C=O) groups excluding carboxylic acids is 1. The van der Waals surface area contributed by atoms with E-state index in [4.69, 9.17) is 16.7 Å². The Morgan fingerprint density at radius 2 is 1.77 bits per heavy atom. The fraction of sp³-hybridized carbons (Fsp3) is 0.615. The summed E-state index contributed by atoms with van der Waals surface area (Å²) in [7, 11) is 0. The minimum atomic E-state index is 0.0499. The van der Waals surface area contributed by atoms with Crippen LogP contribution >= 0.6 is 11.6 Å². The molecule has 3 aliphatic carbocycles. The fourth-order valence-corrected chi connectivity index (χ4v) is 5.92. The van der Waals surface area contributed by atoms with E-state index in [-0.39, 0.29) is 5.91 Å². The molecule has 0 bridgehead atoms. The summed E-state index contributed by atoms with van der Waals surface area (Å²) in [4.78, 5) is 13.2. The number of hydrogen-bond acceptors (Lipinski definition) is 2. The van der Waals surface area contributed by atoms with Crippen molar-refractivity contribution in [2.45, 2.75) is 101 Å². The molecule has 3 aliphatic rings. The van der Waals surface area contributed by atoms with Crippen molar-refractivity contribution >= 4 is 17.5 Å². The number of halogens is 1. The molecule has 1 unspecified atom stereocenters. The molecule has 4 nitrogen and oxygen atoms in total. The van der Waals surface area contributed by atoms with E-state index >= 15 is 0 Å². The molecule has 1 aromatic heterocycles. The van der Waals surface area contributed by atoms with Crippen LogP contribution in [0.5, 0.6) is 0 Å². The quantitative estimate of drug-likeness (QED) is 0.549. The lowest BCUT2D eigenvalue weighted by molar-refractivity contribution is 0.0909. The lowest BCUT2D eigenvalue weighted by Gasteiger charge is -2.27. The average Bonchev–Trinajstić information content (AvgIpc) is 3.02. The van der Waals surface area contributed by atoms with Crippen molar-refractivity contribution in [3.63, 3.8) is 0 Å². The second-order valence-electron chi connectivity index (χ2n) is 9.79. The van der Waals surface area contributed by atoms with Crippen LogP contribution < -0.4 is 5.32 Å². The van der Waals surface area contributed by atoms with Crippen LogP contribution in [-0.2, 0) is 12.8 Å². The predicted molar refractivity (Wildman–Crippen MR) is 125 cm³/mol. The third-order valence-corrected chi connectivity index (χ3v) is 8.03. The van der Waals surface area contributed by atoms with Gasteiger partial charge in [-0.2, -0.15) is 5.10 Å². The van der Waals surface area contributed by atoms with Crippen molar-refractivity contribution < 1.29 is 4.79 Å². The average molecular weight is 440 g/mol. The molecule has 0 saturated heterocycles. The Morgan fingerprint density at radius 3 is 2.52 bits per heavy atom. The van der Waals surface area contributed by atoms with Crippen molar-refractivity contribution in [2.24, 2.45) is 0 Å². The van der Waals surface area contributed by atoms with Gasteiger partial charge in [0.1, 0.15) is 0 Å². The SMILES string of the molecule is O=C(NC1CCC1)c1nn(C2CCCCC2)c2c1CCCCC2Cc1ccccc1Cl. The molecule has 31 heavy (non-hydrogen) atoms. The fourth-order valence-electron chi connectivity index (χ4n) is 5.71. The smallest absolute Gasteiger partial charge is 0.272 e. The van der Waals surface area contributed by atoms with Crippen molar-refractivity contribution in [1.82, 2.24) is 15.1 Å². The maximum absolute atomic E-state index is 13.2. The van der Waals surface area contributed by atoms with E-state index in [2.05, 4.69) is 22.1 Å². The predicted octanol–water partition coefficient (Wildman–Crippen LogP) is 6.38. The number of aromatic nitrogens is 2. The molecule has 1 atom stereocenters. The van der Waals surface area contributed by atoms with Gasteiger partial charge in [0.25, 0.3) is 5.91 Å². The summed E-state index contributed by atoms with van der Waals surface area (Å²) in [5.41, 5.74) is 4.47. The molecule has 0 aliphatic heterocycles. The molecule has 2 saturated carbocycles. The van der Waals surface area contributed by atoms with Gasteiger partial charge in [-0.25, -0.2) is 0 Å². The second-order valence-corrected chi connectivity index (χ2v) is 10.2. The minimum absolute atomic E-state index is 0.0499. The number of rotatable bonds is 5. The zero-order valence-corrected chi connectivity index (χ0v) is 19.2. The lowest BCUT2D eigenvalue weighted by atomic mass is 9.89. The first-order chi connectivity index (χ1) is 15.2. The van der Waals surface area contributed by atoms with E-state index in [0.29, 0.717) is 23.7 Å². The van der Waals surface area contributed by atoms with Gasteiger partial charge in [-0.05, 0) is 69.4 Å². The summed E-state index contributed by atoms with van der Waals surface area (Å²) >= 11 is 6.55. The number of amides is 1. The van der Waals surface area contributed by atoms with Crippen LogP contribution in [0.1, 0.15) is 110 Å². The van der Waals surface area contributed by atoms with Crippen LogP contribution in [0.2, 0.25) is 5.02 Å². The molecular weight excluding hydrogens is 406 g/mol. The zero-order valence-electron chi connectivity index (χ0n) is 18.4. The molecule has 0 spiro atoms. The van der Waals surface area contributed by atoms with Crippen LogP contribution in [0.15, 0.2) is 24.3 Å². The summed E-state index contributed by atoms with van der Waals surface area (Å²) in [6.07, 6.45) is 15.0. The Morgan fingerprint density at radius 1 is 1.00 bits per heavy atom. The summed E-state index contributed by atoms with van der Waals surface area (Å²) in [6, 6.07) is 8.99. The van der Waals surface area contributed by atoms with Gasteiger partial charge in [0.2, 0.25) is 0 Å². The highest BCUT2D eigenvalue weighted by atomic mass is 35.5. The summed E-state index contributed by atoms with van der Waals surface area (Å²) in [6.45, 7) is 0. The summed E-state index contributed by atoms with van der Waals surface area (Å²) < 4.78 is 2.30. The standard InChI is InChI=1S/C26H34ClN3O/c27-23-16-7-5-9-18(23)17-19-10-4-6-15-22-24(26(31)28-20-11-8-12-20)29-30(25(19)22)21-13-2-1-3-14-21/h5,7,9,16,19-21H,1-4,6,8,10-15,17H2,(H,28,31). The molecule has 166 valence electrons. The number of nitrogens with zero attached hydrogens (tertiary/aromatic N) is 2. The molecule has 1 heterocycles. The van der Waals surface area contributed by atoms with Crippen molar-refractivity contribution in [3.8, 4) is 0 Å². The van der Waals surface area contributed by atoms with Gasteiger partial charge < -0.3 is 5.32 Å². The topological polar surface area (TPSA) is 46.9 Å². The minimum Gasteiger partial charge on any atom is -0.348 e.